The number of halogens is 4. The first-order valence-corrected chi connectivity index (χ1v) is 11.2. The molecule has 23 heavy (non-hydrogen) atoms. The molecule has 0 unspecified atom stereocenters. The molecule has 3 nitrogen and oxygen atoms in total. The molecule has 0 atom stereocenters. The summed E-state index contributed by atoms with van der Waals surface area (Å²) in [5.41, 5.74) is 0.360. The molecule has 2 rings (SSSR count). The predicted molar refractivity (Wildman–Crippen MR) is 95.3 cm³/mol. The molecule has 0 saturated heterocycles. The Hall–Kier alpha value is -0.613. The van der Waals surface area contributed by atoms with E-state index < -0.39 is 20.9 Å². The monoisotopic (exact) mass is 456 g/mol. The highest BCUT2D eigenvalue weighted by Crippen LogP contribution is 2.37. The van der Waals surface area contributed by atoms with Crippen LogP contribution in [0.2, 0.25) is 13.1 Å². The van der Waals surface area contributed by atoms with Crippen LogP contribution in [0, 0.1) is 3.70 Å². The number of hydrogen-bond acceptors (Lipinski definition) is 2. The highest BCUT2D eigenvalue weighted by molar-refractivity contribution is 14.1. The molecule has 0 amide bonds. The Morgan fingerprint density at radius 1 is 1.22 bits per heavy atom. The maximum atomic E-state index is 13.4. The Morgan fingerprint density at radius 3 is 2.30 bits per heavy atom. The van der Waals surface area contributed by atoms with Gasteiger partial charge in [0.25, 0.3) is 0 Å². The van der Waals surface area contributed by atoms with Gasteiger partial charge in [-0.1, -0.05) is 26.8 Å². The number of aromatic nitrogens is 2. The minimum absolute atomic E-state index is 0.0502. The largest absolute Gasteiger partial charge is 0.435 e. The molecule has 0 aliphatic carbocycles. The number of fused-ring (bicyclic) bond motifs is 1. The van der Waals surface area contributed by atoms with Gasteiger partial charge in [-0.05, 0) is 52.7 Å². The molecule has 0 spiro atoms. The standard InChI is InChI=1S/C15H20F3IN2OSi/c1-14(2,3)10-6-7-11(19)21-12(10)9(8-22-23(4)5)13(20-21)15(16,17)18/h6-7,23H,8H2,1-5H3. The van der Waals surface area contributed by atoms with E-state index >= 15 is 0 Å². The molecule has 0 aliphatic rings. The molecular formula is C15H20F3IN2OSi. The summed E-state index contributed by atoms with van der Waals surface area (Å²) in [6.07, 6.45) is -4.50. The average Bonchev–Trinajstić information content (AvgIpc) is 2.75. The van der Waals surface area contributed by atoms with E-state index in [2.05, 4.69) is 5.10 Å². The Labute approximate surface area is 149 Å². The summed E-state index contributed by atoms with van der Waals surface area (Å²) in [6.45, 7) is 9.78. The van der Waals surface area contributed by atoms with Crippen molar-refractivity contribution < 1.29 is 17.6 Å². The molecule has 8 heteroatoms. The first-order valence-electron chi connectivity index (χ1n) is 7.32. The molecule has 0 N–H and O–H groups in total. The van der Waals surface area contributed by atoms with E-state index in [0.29, 0.717) is 9.22 Å². The summed E-state index contributed by atoms with van der Waals surface area (Å²) in [5.74, 6) is 0. The Morgan fingerprint density at radius 2 is 1.83 bits per heavy atom. The van der Waals surface area contributed by atoms with Crippen LogP contribution in [0.3, 0.4) is 0 Å². The lowest BCUT2D eigenvalue weighted by Gasteiger charge is -2.21. The summed E-state index contributed by atoms with van der Waals surface area (Å²) in [5, 5.41) is 3.86. The maximum Gasteiger partial charge on any atom is 0.435 e. The van der Waals surface area contributed by atoms with E-state index in [1.54, 1.807) is 6.07 Å². The van der Waals surface area contributed by atoms with Crippen LogP contribution in [-0.2, 0) is 22.6 Å². The molecule has 2 aromatic rings. The molecule has 0 fully saturated rings. The molecule has 0 saturated carbocycles. The zero-order valence-corrected chi connectivity index (χ0v) is 17.1. The van der Waals surface area contributed by atoms with Gasteiger partial charge in [0.05, 0.1) is 12.1 Å². The number of pyridine rings is 1. The fourth-order valence-electron chi connectivity index (χ4n) is 2.40. The topological polar surface area (TPSA) is 26.5 Å². The Balaban J connectivity index is 2.82. The van der Waals surface area contributed by atoms with Crippen LogP contribution in [-0.4, -0.2) is 18.7 Å². The normalized spacial score (nSPS) is 13.3. The minimum atomic E-state index is -4.50. The smallest absolute Gasteiger partial charge is 0.416 e. The Bertz CT molecular complexity index is 720. The van der Waals surface area contributed by atoms with Crippen LogP contribution in [0.1, 0.15) is 37.6 Å². The quantitative estimate of drug-likeness (QED) is 0.379. The van der Waals surface area contributed by atoms with Crippen molar-refractivity contribution in [2.45, 2.75) is 52.1 Å². The van der Waals surface area contributed by atoms with E-state index in [1.165, 1.54) is 4.52 Å². The molecule has 0 radical (unpaired) electrons. The zero-order valence-electron chi connectivity index (χ0n) is 13.8. The molecule has 2 aromatic heterocycles. The zero-order chi connectivity index (χ0) is 17.6. The number of hydrogen-bond donors (Lipinski definition) is 0. The third-order valence-corrected chi connectivity index (χ3v) is 5.12. The molecule has 0 aromatic carbocycles. The average molecular weight is 456 g/mol. The lowest BCUT2D eigenvalue weighted by Crippen LogP contribution is -2.15. The summed E-state index contributed by atoms with van der Waals surface area (Å²) < 4.78 is 48.0. The van der Waals surface area contributed by atoms with Crippen molar-refractivity contribution in [3.05, 3.63) is 32.7 Å². The second-order valence-corrected chi connectivity index (χ2v) is 10.3. The summed E-state index contributed by atoms with van der Waals surface area (Å²) >= 11 is 2.00. The molecule has 2 heterocycles. The van der Waals surface area contributed by atoms with Crippen molar-refractivity contribution in [1.82, 2.24) is 9.61 Å². The second-order valence-electron chi connectivity index (χ2n) is 6.76. The van der Waals surface area contributed by atoms with Crippen LogP contribution in [0.25, 0.3) is 5.52 Å². The summed E-state index contributed by atoms with van der Waals surface area (Å²) in [4.78, 5) is 0. The van der Waals surface area contributed by atoms with E-state index in [9.17, 15) is 13.2 Å². The fourth-order valence-corrected chi connectivity index (χ4v) is 3.43. The molecular weight excluding hydrogens is 436 g/mol. The van der Waals surface area contributed by atoms with Crippen LogP contribution < -0.4 is 0 Å². The summed E-state index contributed by atoms with van der Waals surface area (Å²) in [6, 6.07) is 3.68. The van der Waals surface area contributed by atoms with E-state index in [0.717, 1.165) is 5.56 Å². The first-order chi connectivity index (χ1) is 10.4. The SMILES string of the molecule is C[SiH](C)OCc1c(C(F)(F)F)nn2c(I)ccc(C(C)(C)C)c12. The van der Waals surface area contributed by atoms with Crippen molar-refractivity contribution in [2.24, 2.45) is 0 Å². The van der Waals surface area contributed by atoms with Crippen molar-refractivity contribution >= 4 is 37.1 Å². The lowest BCUT2D eigenvalue weighted by molar-refractivity contribution is -0.142. The number of nitrogens with zero attached hydrogens (tertiary/aromatic N) is 2. The third kappa shape index (κ3) is 3.90. The van der Waals surface area contributed by atoms with Gasteiger partial charge in [0, 0.05) is 5.56 Å². The van der Waals surface area contributed by atoms with Gasteiger partial charge in [0.15, 0.2) is 14.7 Å². The van der Waals surface area contributed by atoms with Gasteiger partial charge in [-0.3, -0.25) is 0 Å². The van der Waals surface area contributed by atoms with E-state index in [-0.39, 0.29) is 17.6 Å². The van der Waals surface area contributed by atoms with Gasteiger partial charge in [-0.25, -0.2) is 4.52 Å². The van der Waals surface area contributed by atoms with Gasteiger partial charge >= 0.3 is 6.18 Å². The van der Waals surface area contributed by atoms with Crippen LogP contribution in [0.5, 0.6) is 0 Å². The van der Waals surface area contributed by atoms with Crippen molar-refractivity contribution in [1.29, 1.82) is 0 Å². The summed E-state index contributed by atoms with van der Waals surface area (Å²) in [7, 11) is -1.45. The maximum absolute atomic E-state index is 13.4. The van der Waals surface area contributed by atoms with Crippen LogP contribution in [0.4, 0.5) is 13.2 Å². The fraction of sp³-hybridized carbons (Fsp3) is 0.533. The van der Waals surface area contributed by atoms with Gasteiger partial charge in [0.1, 0.15) is 3.70 Å². The first kappa shape index (κ1) is 18.7. The van der Waals surface area contributed by atoms with Crippen molar-refractivity contribution in [2.75, 3.05) is 0 Å². The van der Waals surface area contributed by atoms with Gasteiger partial charge in [-0.2, -0.15) is 18.3 Å². The molecule has 128 valence electrons. The predicted octanol–water partition coefficient (Wildman–Crippen LogP) is 4.76. The van der Waals surface area contributed by atoms with Crippen molar-refractivity contribution in [3.63, 3.8) is 0 Å². The van der Waals surface area contributed by atoms with Crippen LogP contribution >= 0.6 is 22.6 Å². The van der Waals surface area contributed by atoms with Crippen molar-refractivity contribution in [3.8, 4) is 0 Å². The number of alkyl halides is 3. The lowest BCUT2D eigenvalue weighted by atomic mass is 9.86. The second kappa shape index (κ2) is 6.36. The van der Waals surface area contributed by atoms with E-state index in [1.807, 2.05) is 62.5 Å². The van der Waals surface area contributed by atoms with Gasteiger partial charge in [-0.15, -0.1) is 0 Å². The van der Waals surface area contributed by atoms with E-state index in [4.69, 9.17) is 4.43 Å². The highest BCUT2D eigenvalue weighted by atomic mass is 127. The highest BCUT2D eigenvalue weighted by Gasteiger charge is 2.39. The van der Waals surface area contributed by atoms with Gasteiger partial charge in [0.2, 0.25) is 0 Å². The van der Waals surface area contributed by atoms with Crippen LogP contribution in [0.15, 0.2) is 12.1 Å². The van der Waals surface area contributed by atoms with Gasteiger partial charge < -0.3 is 4.43 Å². The number of rotatable bonds is 3. The third-order valence-electron chi connectivity index (χ3n) is 3.47. The minimum Gasteiger partial charge on any atom is -0.416 e. The molecule has 0 bridgehead atoms. The molecule has 0 aliphatic heterocycles. The Kier molecular flexibility index (Phi) is 5.18.